The Morgan fingerprint density at radius 2 is 1.34 bits per heavy atom. The van der Waals surface area contributed by atoms with Crippen molar-refractivity contribution in [2.75, 3.05) is 0 Å². The Balaban J connectivity index is 0.000000293. The molecule has 0 saturated heterocycles. The maximum atomic E-state index is 15.1. The number of hydrogen-bond acceptors (Lipinski definition) is 12. The molecule has 5 rings (SSSR count). The molecule has 5 aromatic rings. The normalized spacial score (nSPS) is 13.9. The molecule has 0 saturated carbocycles. The largest absolute Gasteiger partial charge is 0.409 e. The Morgan fingerprint density at radius 1 is 0.776 bits per heavy atom. The first-order valence-corrected chi connectivity index (χ1v) is 22.5. The predicted octanol–water partition coefficient (Wildman–Crippen LogP) is 6.75. The first-order chi connectivity index (χ1) is 31.1. The maximum absolute atomic E-state index is 15.1. The van der Waals surface area contributed by atoms with Crippen molar-refractivity contribution in [3.8, 4) is 11.4 Å². The molecule has 4 aromatic carbocycles. The van der Waals surface area contributed by atoms with Gasteiger partial charge in [0.25, 0.3) is 0 Å². The molecule has 0 aliphatic heterocycles. The summed E-state index contributed by atoms with van der Waals surface area (Å²) in [6.45, 7) is -0.821. The van der Waals surface area contributed by atoms with E-state index >= 15 is 4.39 Å². The molecule has 0 aliphatic rings. The first kappa shape index (κ1) is 53.7. The van der Waals surface area contributed by atoms with Gasteiger partial charge in [0.05, 0.1) is 15.8 Å². The zero-order chi connectivity index (χ0) is 50.1. The van der Waals surface area contributed by atoms with Gasteiger partial charge in [0.1, 0.15) is 23.1 Å². The van der Waals surface area contributed by atoms with E-state index in [0.717, 1.165) is 54.9 Å². The highest BCUT2D eigenvalue weighted by Gasteiger charge is 2.40. The number of benzene rings is 4. The highest BCUT2D eigenvalue weighted by molar-refractivity contribution is 7.91. The van der Waals surface area contributed by atoms with Crippen LogP contribution in [0.4, 0.5) is 35.1 Å². The monoisotopic (exact) mass is 1030 g/mol. The zero-order valence-corrected chi connectivity index (χ0v) is 37.0. The van der Waals surface area contributed by atoms with Crippen LogP contribution in [0.3, 0.4) is 0 Å². The molecule has 0 aliphatic carbocycles. The van der Waals surface area contributed by atoms with Crippen LogP contribution in [0.1, 0.15) is 47.7 Å². The van der Waals surface area contributed by atoms with Crippen LogP contribution >= 0.6 is 23.2 Å². The molecule has 2 amide bonds. The number of amidine groups is 1. The molecule has 67 heavy (non-hydrogen) atoms. The lowest BCUT2D eigenvalue weighted by Crippen LogP contribution is -2.48. The van der Waals surface area contributed by atoms with Crippen LogP contribution in [0.25, 0.3) is 11.4 Å². The first-order valence-electron chi connectivity index (χ1n) is 18.7. The minimum absolute atomic E-state index is 0.0238. The lowest BCUT2D eigenvalue weighted by atomic mass is 10.1. The number of sulfonamides is 1. The fraction of sp³-hybridized carbons (Fsp3) is 0.256. The molecule has 0 spiro atoms. The van der Waals surface area contributed by atoms with E-state index in [9.17, 15) is 57.2 Å². The number of primary amides is 2. The average molecular weight is 1030 g/mol. The molecular formula is C39H36Cl2F8N8O8S2. The zero-order valence-electron chi connectivity index (χ0n) is 33.8. The van der Waals surface area contributed by atoms with E-state index in [2.05, 4.69) is 25.1 Å². The van der Waals surface area contributed by atoms with Crippen molar-refractivity contribution in [1.82, 2.24) is 19.8 Å². The summed E-state index contributed by atoms with van der Waals surface area (Å²) in [6.07, 6.45) is -13.1. The lowest BCUT2D eigenvalue weighted by molar-refractivity contribution is -0.141. The van der Waals surface area contributed by atoms with Gasteiger partial charge >= 0.3 is 12.4 Å². The molecule has 3 atom stereocenters. The number of oxime groups is 1. The summed E-state index contributed by atoms with van der Waals surface area (Å²) in [7, 11) is -9.12. The maximum Gasteiger partial charge on any atom is 0.389 e. The van der Waals surface area contributed by atoms with Gasteiger partial charge in [-0.25, -0.2) is 25.6 Å². The summed E-state index contributed by atoms with van der Waals surface area (Å²) >= 11 is 11.6. The van der Waals surface area contributed by atoms with E-state index in [1.54, 1.807) is 0 Å². The second kappa shape index (κ2) is 22.2. The number of carbonyl (C=O) groups excluding carboxylic acids is 2. The number of carbonyl (C=O) groups is 2. The number of nitrogens with zero attached hydrogens (tertiary/aromatic N) is 4. The van der Waals surface area contributed by atoms with Crippen molar-refractivity contribution in [2.45, 2.75) is 71.8 Å². The van der Waals surface area contributed by atoms with Gasteiger partial charge < -0.3 is 26.9 Å². The fourth-order valence-corrected chi connectivity index (χ4v) is 9.49. The summed E-state index contributed by atoms with van der Waals surface area (Å²) in [5.41, 5.74) is 15.2. The van der Waals surface area contributed by atoms with Crippen LogP contribution in [0, 0.1) is 11.6 Å². The highest BCUT2D eigenvalue weighted by atomic mass is 35.5. The van der Waals surface area contributed by atoms with Gasteiger partial charge in [-0.1, -0.05) is 57.8 Å². The minimum Gasteiger partial charge on any atom is -0.409 e. The van der Waals surface area contributed by atoms with E-state index in [1.807, 2.05) is 0 Å². The van der Waals surface area contributed by atoms with E-state index in [-0.39, 0.29) is 42.4 Å². The lowest BCUT2D eigenvalue weighted by Gasteiger charge is -2.29. The third-order valence-electron chi connectivity index (χ3n) is 9.35. The van der Waals surface area contributed by atoms with E-state index in [1.165, 1.54) is 36.4 Å². The number of rotatable bonds is 18. The van der Waals surface area contributed by atoms with Crippen molar-refractivity contribution < 1.29 is 71.3 Å². The molecule has 1 heterocycles. The molecule has 0 radical (unpaired) electrons. The van der Waals surface area contributed by atoms with Crippen molar-refractivity contribution in [3.63, 3.8) is 0 Å². The third-order valence-corrected chi connectivity index (χ3v) is 13.7. The number of halogens is 10. The molecule has 8 N–H and O–H groups in total. The van der Waals surface area contributed by atoms with Crippen LogP contribution in [0.2, 0.25) is 10.0 Å². The van der Waals surface area contributed by atoms with Gasteiger partial charge in [-0.05, 0) is 73.5 Å². The Bertz CT molecular complexity index is 2770. The van der Waals surface area contributed by atoms with Crippen LogP contribution < -0.4 is 22.5 Å². The Labute approximate surface area is 385 Å². The van der Waals surface area contributed by atoms with E-state index < -0.39 is 117 Å². The van der Waals surface area contributed by atoms with Crippen LogP contribution in [0.5, 0.6) is 0 Å². The van der Waals surface area contributed by atoms with Gasteiger partial charge in [0.2, 0.25) is 34.1 Å². The van der Waals surface area contributed by atoms with E-state index in [4.69, 9.17) is 45.6 Å². The smallest absolute Gasteiger partial charge is 0.389 e. The van der Waals surface area contributed by atoms with Gasteiger partial charge in [0.15, 0.2) is 15.7 Å². The number of sulfone groups is 1. The third kappa shape index (κ3) is 14.8. The summed E-state index contributed by atoms with van der Waals surface area (Å²) in [6, 6.07) is 12.3. The van der Waals surface area contributed by atoms with E-state index in [0.29, 0.717) is 4.31 Å². The van der Waals surface area contributed by atoms with Gasteiger partial charge in [-0.3, -0.25) is 14.9 Å². The van der Waals surface area contributed by atoms with Crippen LogP contribution in [0.15, 0.2) is 111 Å². The number of amides is 2. The topological polar surface area (TPSA) is 267 Å². The van der Waals surface area contributed by atoms with Crippen molar-refractivity contribution in [3.05, 3.63) is 130 Å². The fourth-order valence-electron chi connectivity index (χ4n) is 5.98. The number of nitrogens with one attached hydrogen (secondary N) is 1. The molecule has 0 bridgehead atoms. The summed E-state index contributed by atoms with van der Waals surface area (Å²) in [5.74, 6) is -5.03. The molecule has 1 aromatic heterocycles. The quantitative estimate of drug-likeness (QED) is 0.0201. The van der Waals surface area contributed by atoms with Crippen LogP contribution in [-0.2, 0) is 36.0 Å². The van der Waals surface area contributed by atoms with Crippen LogP contribution in [-0.4, -0.2) is 78.6 Å². The Morgan fingerprint density at radius 3 is 1.82 bits per heavy atom. The molecule has 28 heteroatoms. The van der Waals surface area contributed by atoms with Gasteiger partial charge in [-0.15, -0.1) is 0 Å². The highest BCUT2D eigenvalue weighted by Crippen LogP contribution is 2.34. The number of nitrogens with two attached hydrogens (primary N) is 3. The van der Waals surface area contributed by atoms with Gasteiger partial charge in [-0.2, -0.15) is 35.6 Å². The number of aromatic nitrogens is 2. The second-order valence-corrected chi connectivity index (χ2v) is 18.8. The van der Waals surface area contributed by atoms with Crippen molar-refractivity contribution in [2.24, 2.45) is 22.4 Å². The number of hydrogen-bond donors (Lipinski definition) is 5. The van der Waals surface area contributed by atoms with Crippen molar-refractivity contribution in [1.29, 1.82) is 0 Å². The molecule has 362 valence electrons. The van der Waals surface area contributed by atoms with Crippen molar-refractivity contribution >= 4 is 60.7 Å². The molecule has 0 fully saturated rings. The Kier molecular flexibility index (Phi) is 17.8. The number of alkyl halides is 6. The molecular weight excluding hydrogens is 996 g/mol. The average Bonchev–Trinajstić information content (AvgIpc) is 3.79. The molecule has 1 unspecified atom stereocenters. The standard InChI is InChI=1S/C20H17ClF4N4O4S.C19H19ClF4N4O4S/c21-12-2-4-13(5-3-12)34(31,32)19(28-16(17(26)30)7-8-20(23,24)25)14-6-1-11(9-15(14)22)18-27-10-33-29-18;20-13-3-5-14(6-4-13)33(31,32)28(16(18(26)29)7-8-19(22,23)24)10-12-2-1-11(9-15(12)21)17(25)27-30/h1-6,9-10,16,19,28H,7-8H2,(H2,26,30);1-6,9,16,30H,7-8,10H2,(H2,25,27)(H2,26,29)/t16-,19-;/m1./s1. The predicted molar refractivity (Wildman–Crippen MR) is 224 cm³/mol. The summed E-state index contributed by atoms with van der Waals surface area (Å²) in [5, 5.41) is 15.7. The summed E-state index contributed by atoms with van der Waals surface area (Å²) < 4.78 is 165. The van der Waals surface area contributed by atoms with Gasteiger partial charge in [0, 0.05) is 51.7 Å². The second-order valence-electron chi connectivity index (χ2n) is 14.0. The molecule has 16 nitrogen and oxygen atoms in total. The SMILES string of the molecule is NC(=O)C(CCC(F)(F)F)N(Cc1ccc(C(N)=NO)cc1F)S(=O)(=O)c1ccc(Cl)cc1.NC(=O)[C@@H](CCC(F)(F)F)N[C@@H](c1ccc(-c2ncon2)cc1F)S(=O)(=O)c1ccc(Cl)cc1. The minimum atomic E-state index is -4.70. The summed E-state index contributed by atoms with van der Waals surface area (Å²) in [4.78, 5) is 26.9. The Hall–Kier alpha value is -5.93.